The van der Waals surface area contributed by atoms with Crippen LogP contribution in [0.25, 0.3) is 11.0 Å². The lowest BCUT2D eigenvalue weighted by Gasteiger charge is -2.24. The van der Waals surface area contributed by atoms with Crippen LogP contribution in [0.5, 0.6) is 11.5 Å². The van der Waals surface area contributed by atoms with Gasteiger partial charge in [-0.25, -0.2) is 13.1 Å². The zero-order valence-corrected chi connectivity index (χ0v) is 24.6. The van der Waals surface area contributed by atoms with Gasteiger partial charge in [0.1, 0.15) is 33.5 Å². The molecule has 41 heavy (non-hydrogen) atoms. The molecule has 1 aliphatic heterocycles. The number of esters is 1. The highest BCUT2D eigenvalue weighted by atomic mass is 32.2. The number of fused-ring (bicyclic) bond motifs is 2. The molecule has 3 aromatic carbocycles. The summed E-state index contributed by atoms with van der Waals surface area (Å²) in [5, 5.41) is 8.39. The summed E-state index contributed by atoms with van der Waals surface area (Å²) in [4.78, 5) is 12.9. The summed E-state index contributed by atoms with van der Waals surface area (Å²) in [5.74, 6) is 0.221. The van der Waals surface area contributed by atoms with E-state index in [0.29, 0.717) is 17.0 Å². The van der Waals surface area contributed by atoms with Crippen LogP contribution in [0.2, 0.25) is 0 Å². The second-order valence-electron chi connectivity index (χ2n) is 10.2. The number of nitrogens with zero attached hydrogens (tertiary/aromatic N) is 4. The monoisotopic (exact) mass is 578 g/mol. The predicted octanol–water partition coefficient (Wildman–Crippen LogP) is 4.34. The van der Waals surface area contributed by atoms with Gasteiger partial charge in [-0.05, 0) is 67.3 Å². The minimum atomic E-state index is -3.81. The first-order valence-electron chi connectivity index (χ1n) is 13.5. The maximum atomic E-state index is 13.7. The molecule has 0 amide bonds. The Labute approximate surface area is 239 Å². The first-order chi connectivity index (χ1) is 19.6. The van der Waals surface area contributed by atoms with Crippen molar-refractivity contribution in [1.82, 2.24) is 19.3 Å². The van der Waals surface area contributed by atoms with Crippen LogP contribution in [0.4, 0.5) is 0 Å². The Hall–Kier alpha value is -3.96. The summed E-state index contributed by atoms with van der Waals surface area (Å²) in [7, 11) is -0.433. The molecule has 2 atom stereocenters. The summed E-state index contributed by atoms with van der Waals surface area (Å²) in [5.41, 5.74) is 4.83. The number of methoxy groups -OCH3 is 1. The van der Waals surface area contributed by atoms with Gasteiger partial charge in [-0.1, -0.05) is 35.5 Å². The largest absolute Gasteiger partial charge is 0.494 e. The number of benzene rings is 3. The fourth-order valence-electron chi connectivity index (χ4n) is 5.30. The summed E-state index contributed by atoms with van der Waals surface area (Å²) < 4.78 is 47.4. The molecule has 10 nitrogen and oxygen atoms in total. The van der Waals surface area contributed by atoms with Crippen molar-refractivity contribution in [3.8, 4) is 11.5 Å². The van der Waals surface area contributed by atoms with Crippen LogP contribution >= 0.6 is 0 Å². The lowest BCUT2D eigenvalue weighted by Crippen LogP contribution is -2.35. The summed E-state index contributed by atoms with van der Waals surface area (Å²) >= 11 is 0. The van der Waals surface area contributed by atoms with Crippen LogP contribution in [-0.4, -0.2) is 60.1 Å². The third kappa shape index (κ3) is 5.64. The van der Waals surface area contributed by atoms with E-state index < -0.39 is 15.9 Å². The van der Waals surface area contributed by atoms with E-state index in [9.17, 15) is 13.2 Å². The van der Waals surface area contributed by atoms with E-state index >= 15 is 0 Å². The molecule has 0 fully saturated rings. The fraction of sp³-hybridized carbons (Fsp3) is 0.367. The fourth-order valence-corrected chi connectivity index (χ4v) is 6.92. The molecule has 2 heterocycles. The number of carbonyl (C=O) groups is 1. The molecular weight excluding hydrogens is 544 g/mol. The maximum Gasteiger partial charge on any atom is 0.306 e. The molecule has 1 aliphatic rings. The molecule has 11 heteroatoms. The minimum absolute atomic E-state index is 0.0888. The van der Waals surface area contributed by atoms with Gasteiger partial charge in [0.05, 0.1) is 26.7 Å². The quantitative estimate of drug-likeness (QED) is 0.284. The lowest BCUT2D eigenvalue weighted by molar-refractivity contribution is -0.143. The third-order valence-corrected chi connectivity index (χ3v) is 9.22. The van der Waals surface area contributed by atoms with Crippen LogP contribution in [0.15, 0.2) is 59.5 Å². The second kappa shape index (κ2) is 11.5. The van der Waals surface area contributed by atoms with Gasteiger partial charge in [-0.3, -0.25) is 4.79 Å². The number of aryl methyl sites for hydroxylation is 2. The van der Waals surface area contributed by atoms with Gasteiger partial charge in [0.2, 0.25) is 10.0 Å². The molecule has 0 N–H and O–H groups in total. The van der Waals surface area contributed by atoms with Crippen LogP contribution < -0.4 is 9.47 Å². The average Bonchev–Trinajstić information content (AvgIpc) is 3.28. The molecule has 0 bridgehead atoms. The van der Waals surface area contributed by atoms with Crippen molar-refractivity contribution >= 4 is 27.0 Å². The molecule has 0 unspecified atom stereocenters. The highest BCUT2D eigenvalue weighted by Crippen LogP contribution is 2.37. The van der Waals surface area contributed by atoms with Gasteiger partial charge in [0, 0.05) is 19.5 Å². The van der Waals surface area contributed by atoms with Crippen molar-refractivity contribution in [2.24, 2.45) is 7.05 Å². The van der Waals surface area contributed by atoms with Gasteiger partial charge in [0.25, 0.3) is 0 Å². The van der Waals surface area contributed by atoms with Crippen molar-refractivity contribution in [3.63, 3.8) is 0 Å². The Morgan fingerprint density at radius 3 is 2.68 bits per heavy atom. The highest BCUT2D eigenvalue weighted by Gasteiger charge is 2.33. The number of sulfonamides is 1. The van der Waals surface area contributed by atoms with Gasteiger partial charge in [-0.15, -0.1) is 5.10 Å². The van der Waals surface area contributed by atoms with Crippen LogP contribution in [0.3, 0.4) is 0 Å². The van der Waals surface area contributed by atoms with Gasteiger partial charge in [0.15, 0.2) is 0 Å². The van der Waals surface area contributed by atoms with E-state index in [1.54, 1.807) is 50.0 Å². The Morgan fingerprint density at radius 1 is 1.15 bits per heavy atom. The summed E-state index contributed by atoms with van der Waals surface area (Å²) in [6.45, 7) is 6.21. The molecule has 0 radical (unpaired) electrons. The zero-order valence-electron chi connectivity index (χ0n) is 23.8. The Bertz CT molecular complexity index is 1700. The van der Waals surface area contributed by atoms with Gasteiger partial charge in [-0.2, -0.15) is 4.31 Å². The summed E-state index contributed by atoms with van der Waals surface area (Å²) in [6, 6.07) is 16.4. The predicted molar refractivity (Wildman–Crippen MR) is 153 cm³/mol. The molecule has 1 aromatic heterocycles. The number of hydrogen-bond donors (Lipinski definition) is 0. The molecule has 0 aliphatic carbocycles. The molecule has 5 rings (SSSR count). The maximum absolute atomic E-state index is 13.7. The van der Waals surface area contributed by atoms with Gasteiger partial charge < -0.3 is 14.2 Å². The molecule has 0 saturated heterocycles. The van der Waals surface area contributed by atoms with E-state index in [4.69, 9.17) is 14.2 Å². The van der Waals surface area contributed by atoms with Crippen molar-refractivity contribution in [2.45, 2.75) is 50.7 Å². The first-order valence-corrected chi connectivity index (χ1v) is 14.9. The molecule has 4 aromatic rings. The topological polar surface area (TPSA) is 113 Å². The van der Waals surface area contributed by atoms with Crippen LogP contribution in [0, 0.1) is 6.92 Å². The number of carbonyl (C=O) groups excluding carboxylic acids is 1. The van der Waals surface area contributed by atoms with Crippen molar-refractivity contribution in [1.29, 1.82) is 0 Å². The SMILES string of the molecule is CCOC(=O)C[C@H](c1ccc(C)c(CN2C[C@@H](C)Oc3ccccc3S2(=O)=O)c1)c1cc(OC)c2c(c1)nnn2C. The van der Waals surface area contributed by atoms with E-state index in [-0.39, 0.29) is 43.1 Å². The Morgan fingerprint density at radius 2 is 1.93 bits per heavy atom. The first kappa shape index (κ1) is 28.6. The normalized spacial score (nSPS) is 17.3. The highest BCUT2D eigenvalue weighted by molar-refractivity contribution is 7.89. The van der Waals surface area contributed by atoms with E-state index in [2.05, 4.69) is 10.3 Å². The molecule has 0 spiro atoms. The van der Waals surface area contributed by atoms with E-state index in [0.717, 1.165) is 27.8 Å². The number of ether oxygens (including phenoxy) is 3. The molecule has 216 valence electrons. The third-order valence-electron chi connectivity index (χ3n) is 7.36. The van der Waals surface area contributed by atoms with E-state index in [1.165, 1.54) is 4.31 Å². The number of rotatable bonds is 8. The lowest BCUT2D eigenvalue weighted by atomic mass is 9.86. The average molecular weight is 579 g/mol. The standard InChI is InChI=1S/C30H34N4O6S/c1-6-39-29(35)16-24(22-14-25-30(27(15-22)38-5)33(4)32-31-25)21-12-11-19(2)23(13-21)18-34-17-20(3)40-26-9-7-8-10-28(26)41(34,36)37/h7-15,20,24H,6,16-18H2,1-5H3/t20-,24-/m1/s1. The Kier molecular flexibility index (Phi) is 8.01. The Balaban J connectivity index is 1.56. The zero-order chi connectivity index (χ0) is 29.3. The van der Waals surface area contributed by atoms with E-state index in [1.807, 2.05) is 44.2 Å². The van der Waals surface area contributed by atoms with Gasteiger partial charge >= 0.3 is 5.97 Å². The second-order valence-corrected chi connectivity index (χ2v) is 12.1. The summed E-state index contributed by atoms with van der Waals surface area (Å²) in [6.07, 6.45) is -0.245. The molecular formula is C30H34N4O6S. The minimum Gasteiger partial charge on any atom is -0.494 e. The number of aromatic nitrogens is 3. The number of hydrogen-bond acceptors (Lipinski definition) is 8. The van der Waals surface area contributed by atoms with Crippen molar-refractivity contribution in [2.75, 3.05) is 20.3 Å². The van der Waals surface area contributed by atoms with Crippen molar-refractivity contribution < 1.29 is 27.4 Å². The smallest absolute Gasteiger partial charge is 0.306 e. The van der Waals surface area contributed by atoms with Crippen LogP contribution in [0.1, 0.15) is 48.4 Å². The number of para-hydroxylation sites is 1. The van der Waals surface area contributed by atoms with Crippen LogP contribution in [-0.2, 0) is 33.1 Å². The molecule has 0 saturated carbocycles. The van der Waals surface area contributed by atoms with Crippen molar-refractivity contribution in [3.05, 3.63) is 76.9 Å².